The Morgan fingerprint density at radius 1 is 1.16 bits per heavy atom. The van der Waals surface area contributed by atoms with E-state index in [0.717, 1.165) is 51.6 Å². The number of rotatable bonds is 6. The molecule has 2 heterocycles. The van der Waals surface area contributed by atoms with Crippen LogP contribution in [0, 0.1) is 12.7 Å². The normalized spacial score (nSPS) is 25.6. The molecule has 6 nitrogen and oxygen atoms in total. The average Bonchev–Trinajstić information content (AvgIpc) is 3.05. The molecular formula is C23H34ClFN2O4. The van der Waals surface area contributed by atoms with Gasteiger partial charge in [0.15, 0.2) is 5.58 Å². The van der Waals surface area contributed by atoms with Crippen LogP contribution in [0.4, 0.5) is 4.39 Å². The van der Waals surface area contributed by atoms with Gasteiger partial charge in [0.2, 0.25) is 0 Å². The van der Waals surface area contributed by atoms with Gasteiger partial charge < -0.3 is 13.9 Å². The molecule has 1 aromatic carbocycles. The van der Waals surface area contributed by atoms with E-state index in [1.165, 1.54) is 6.07 Å². The van der Waals surface area contributed by atoms with Crippen LogP contribution in [-0.2, 0) is 9.47 Å². The fraction of sp³-hybridized carbons (Fsp3) is 0.696. The maximum atomic E-state index is 13.9. The monoisotopic (exact) mass is 456 g/mol. The molecule has 2 fully saturated rings. The first-order chi connectivity index (χ1) is 14.4. The molecular weight excluding hydrogens is 423 g/mol. The average molecular weight is 457 g/mol. The van der Waals surface area contributed by atoms with Crippen molar-refractivity contribution in [2.45, 2.75) is 70.1 Å². The summed E-state index contributed by atoms with van der Waals surface area (Å²) in [5.74, 6) is -0.721. The smallest absolute Gasteiger partial charge is 0.408 e. The molecule has 1 saturated carbocycles. The maximum absolute atomic E-state index is 13.9. The van der Waals surface area contributed by atoms with Gasteiger partial charge in [-0.25, -0.2) is 9.18 Å². The number of piperidine rings is 1. The Bertz CT molecular complexity index is 928. The molecule has 1 saturated heterocycles. The van der Waals surface area contributed by atoms with E-state index in [2.05, 4.69) is 11.8 Å². The Balaban J connectivity index is 0.00000272. The zero-order valence-electron chi connectivity index (χ0n) is 18.7. The number of oxazole rings is 1. The minimum Gasteiger partial charge on any atom is -0.408 e. The summed E-state index contributed by atoms with van der Waals surface area (Å²) in [5.41, 5.74) is 1.77. The van der Waals surface area contributed by atoms with Gasteiger partial charge in [0.05, 0.1) is 24.8 Å². The largest absolute Gasteiger partial charge is 0.420 e. The van der Waals surface area contributed by atoms with Crippen LogP contribution >= 0.6 is 12.4 Å². The maximum Gasteiger partial charge on any atom is 0.420 e. The zero-order valence-corrected chi connectivity index (χ0v) is 19.5. The molecule has 0 N–H and O–H groups in total. The van der Waals surface area contributed by atoms with Crippen molar-refractivity contribution in [1.29, 1.82) is 0 Å². The Morgan fingerprint density at radius 3 is 2.48 bits per heavy atom. The van der Waals surface area contributed by atoms with Crippen molar-refractivity contribution in [2.24, 2.45) is 0 Å². The molecule has 2 aliphatic rings. The number of hydrogen-bond acceptors (Lipinski definition) is 5. The van der Waals surface area contributed by atoms with Crippen LogP contribution in [0.15, 0.2) is 21.3 Å². The second-order valence-corrected chi connectivity index (χ2v) is 9.09. The molecule has 2 aromatic rings. The Labute approximate surface area is 189 Å². The number of ether oxygens (including phenoxy) is 2. The fourth-order valence-electron chi connectivity index (χ4n) is 5.16. The predicted molar refractivity (Wildman–Crippen MR) is 121 cm³/mol. The number of fused-ring (bicyclic) bond motifs is 1. The summed E-state index contributed by atoms with van der Waals surface area (Å²) in [6, 6.07) is 3.15. The van der Waals surface area contributed by atoms with Gasteiger partial charge >= 0.3 is 5.76 Å². The molecule has 0 radical (unpaired) electrons. The van der Waals surface area contributed by atoms with Crippen LogP contribution in [-0.4, -0.2) is 54.5 Å². The minimum absolute atomic E-state index is 0. The van der Waals surface area contributed by atoms with Crippen molar-refractivity contribution in [1.82, 2.24) is 9.47 Å². The lowest BCUT2D eigenvalue weighted by molar-refractivity contribution is -0.0419. The lowest BCUT2D eigenvalue weighted by Crippen LogP contribution is -2.53. The van der Waals surface area contributed by atoms with Crippen molar-refractivity contribution in [3.8, 4) is 0 Å². The van der Waals surface area contributed by atoms with Gasteiger partial charge in [-0.2, -0.15) is 0 Å². The third kappa shape index (κ3) is 5.00. The number of likely N-dealkylation sites (tertiary alicyclic amines) is 1. The van der Waals surface area contributed by atoms with Crippen LogP contribution in [0.2, 0.25) is 0 Å². The molecule has 31 heavy (non-hydrogen) atoms. The summed E-state index contributed by atoms with van der Waals surface area (Å²) in [6.45, 7) is 7.31. The van der Waals surface area contributed by atoms with E-state index in [1.807, 2.05) is 0 Å². The van der Waals surface area contributed by atoms with Crippen LogP contribution in [0.25, 0.3) is 11.1 Å². The van der Waals surface area contributed by atoms with Crippen molar-refractivity contribution in [3.63, 3.8) is 0 Å². The zero-order chi connectivity index (χ0) is 21.3. The number of aromatic nitrogens is 1. The van der Waals surface area contributed by atoms with Gasteiger partial charge in [0, 0.05) is 37.8 Å². The van der Waals surface area contributed by atoms with Crippen LogP contribution in [0.3, 0.4) is 0 Å². The summed E-state index contributed by atoms with van der Waals surface area (Å²) < 4.78 is 31.9. The van der Waals surface area contributed by atoms with Crippen molar-refractivity contribution >= 4 is 23.5 Å². The first-order valence-corrected chi connectivity index (χ1v) is 11.1. The highest BCUT2D eigenvalue weighted by molar-refractivity contribution is 5.85. The van der Waals surface area contributed by atoms with E-state index in [-0.39, 0.29) is 35.6 Å². The SMILES string of the molecule is COCCO[C@H]1CC[C@](C)(N2CCC(n3c(=O)oc4cc(F)c(C)cc43)CC2)CC1.Cl. The van der Waals surface area contributed by atoms with Crippen molar-refractivity contribution in [3.05, 3.63) is 34.1 Å². The van der Waals surface area contributed by atoms with E-state index in [4.69, 9.17) is 13.9 Å². The highest BCUT2D eigenvalue weighted by Crippen LogP contribution is 2.38. The van der Waals surface area contributed by atoms with Gasteiger partial charge in [-0.05, 0) is 64.0 Å². The van der Waals surface area contributed by atoms with Gasteiger partial charge in [-0.3, -0.25) is 9.47 Å². The highest BCUT2D eigenvalue weighted by atomic mass is 35.5. The van der Waals surface area contributed by atoms with E-state index >= 15 is 0 Å². The lowest BCUT2D eigenvalue weighted by Gasteiger charge is -2.48. The quantitative estimate of drug-likeness (QED) is 0.600. The minimum atomic E-state index is -0.381. The van der Waals surface area contributed by atoms with Crippen molar-refractivity contribution < 1.29 is 18.3 Å². The second-order valence-electron chi connectivity index (χ2n) is 9.09. The lowest BCUT2D eigenvalue weighted by atomic mass is 9.79. The van der Waals surface area contributed by atoms with E-state index in [1.54, 1.807) is 24.7 Å². The Kier molecular flexibility index (Phi) is 7.84. The third-order valence-corrected chi connectivity index (χ3v) is 7.14. The van der Waals surface area contributed by atoms with E-state index in [9.17, 15) is 9.18 Å². The summed E-state index contributed by atoms with van der Waals surface area (Å²) in [7, 11) is 1.70. The summed E-state index contributed by atoms with van der Waals surface area (Å²) in [5, 5.41) is 0. The number of methoxy groups -OCH3 is 1. The molecule has 1 aliphatic heterocycles. The van der Waals surface area contributed by atoms with Crippen LogP contribution in [0.1, 0.15) is 57.1 Å². The van der Waals surface area contributed by atoms with Gasteiger partial charge in [0.1, 0.15) is 5.82 Å². The summed E-state index contributed by atoms with van der Waals surface area (Å²) >= 11 is 0. The number of nitrogens with zero attached hydrogens (tertiary/aromatic N) is 2. The first kappa shape index (κ1) is 24.2. The molecule has 0 unspecified atom stereocenters. The molecule has 0 spiro atoms. The molecule has 8 heteroatoms. The van der Waals surface area contributed by atoms with E-state index < -0.39 is 0 Å². The fourth-order valence-corrected chi connectivity index (χ4v) is 5.16. The summed E-state index contributed by atoms with van der Waals surface area (Å²) in [6.07, 6.45) is 6.55. The predicted octanol–water partition coefficient (Wildman–Crippen LogP) is 4.47. The Hall–Kier alpha value is -1.41. The molecule has 1 aliphatic carbocycles. The second kappa shape index (κ2) is 10.0. The Morgan fingerprint density at radius 2 is 1.84 bits per heavy atom. The topological polar surface area (TPSA) is 56.8 Å². The number of halogens is 2. The third-order valence-electron chi connectivity index (χ3n) is 7.14. The van der Waals surface area contributed by atoms with Crippen molar-refractivity contribution in [2.75, 3.05) is 33.4 Å². The van der Waals surface area contributed by atoms with Gasteiger partial charge in [-0.1, -0.05) is 0 Å². The molecule has 4 rings (SSSR count). The van der Waals surface area contributed by atoms with Gasteiger partial charge in [0.25, 0.3) is 0 Å². The summed E-state index contributed by atoms with van der Waals surface area (Å²) in [4.78, 5) is 15.1. The first-order valence-electron chi connectivity index (χ1n) is 11.1. The molecule has 0 amide bonds. The van der Waals surface area contributed by atoms with Gasteiger partial charge in [-0.15, -0.1) is 12.4 Å². The number of aryl methyl sites for hydroxylation is 1. The molecule has 0 bridgehead atoms. The molecule has 0 atom stereocenters. The van der Waals surface area contributed by atoms with Crippen LogP contribution < -0.4 is 5.76 Å². The highest BCUT2D eigenvalue weighted by Gasteiger charge is 2.38. The molecule has 174 valence electrons. The standard InChI is InChI=1S/C23H33FN2O4.ClH/c1-16-14-20-21(15-19(16)24)30-22(27)26(20)17-6-10-25(11-7-17)23(2)8-4-18(5-9-23)29-13-12-28-3;/h14-15,17-18H,4-13H2,1-3H3;1H/t18-,23-;. The van der Waals surface area contributed by atoms with E-state index in [0.29, 0.717) is 36.0 Å². The molecule has 1 aromatic heterocycles. The number of benzene rings is 1. The van der Waals surface area contributed by atoms with Crippen LogP contribution in [0.5, 0.6) is 0 Å². The number of hydrogen-bond donors (Lipinski definition) is 0.